The molecule has 144 valence electrons. The van der Waals surface area contributed by atoms with E-state index in [2.05, 4.69) is 10.6 Å². The number of benzene rings is 1. The predicted octanol–water partition coefficient (Wildman–Crippen LogP) is 1.15. The molecule has 3 amide bonds. The highest BCUT2D eigenvalue weighted by Gasteiger charge is 2.31. The maximum absolute atomic E-state index is 12.8. The molecule has 11 heteroatoms. The molecular formula is C15H20Cl2N4O4S. The molecule has 0 bridgehead atoms. The molecule has 1 aromatic carbocycles. The summed E-state index contributed by atoms with van der Waals surface area (Å²) in [5, 5.41) is 4.66. The summed E-state index contributed by atoms with van der Waals surface area (Å²) >= 11 is 12.0. The summed E-state index contributed by atoms with van der Waals surface area (Å²) in [6.45, 7) is 1.90. The number of nitrogens with zero attached hydrogens (tertiary/aromatic N) is 2. The number of imide groups is 1. The quantitative estimate of drug-likeness (QED) is 0.741. The Kier molecular flexibility index (Phi) is 7.24. The SMILES string of the molecule is CNC(=O)NC(=O)CCN1CCN(S(=O)(=O)c2c(Cl)cccc2Cl)CC1. The minimum atomic E-state index is -3.79. The van der Waals surface area contributed by atoms with Gasteiger partial charge in [-0.3, -0.25) is 10.1 Å². The molecule has 0 aromatic heterocycles. The van der Waals surface area contributed by atoms with Crippen molar-refractivity contribution in [2.45, 2.75) is 11.3 Å². The molecule has 1 aromatic rings. The highest BCUT2D eigenvalue weighted by atomic mass is 35.5. The van der Waals surface area contributed by atoms with Crippen LogP contribution in [0.1, 0.15) is 6.42 Å². The molecule has 1 aliphatic heterocycles. The van der Waals surface area contributed by atoms with Crippen LogP contribution in [0.4, 0.5) is 4.79 Å². The van der Waals surface area contributed by atoms with Gasteiger partial charge in [0.05, 0.1) is 10.0 Å². The van der Waals surface area contributed by atoms with E-state index in [1.54, 1.807) is 6.07 Å². The van der Waals surface area contributed by atoms with E-state index in [0.717, 1.165) is 0 Å². The van der Waals surface area contributed by atoms with Crippen molar-refractivity contribution in [2.75, 3.05) is 39.8 Å². The lowest BCUT2D eigenvalue weighted by molar-refractivity contribution is -0.120. The number of carbonyl (C=O) groups is 2. The number of urea groups is 1. The second-order valence-corrected chi connectivity index (χ2v) is 8.36. The van der Waals surface area contributed by atoms with Crippen LogP contribution in [0.15, 0.2) is 23.1 Å². The number of amides is 3. The number of piperazine rings is 1. The van der Waals surface area contributed by atoms with Crippen molar-refractivity contribution < 1.29 is 18.0 Å². The molecule has 0 radical (unpaired) electrons. The molecule has 1 fully saturated rings. The number of hydrogen-bond acceptors (Lipinski definition) is 5. The summed E-state index contributed by atoms with van der Waals surface area (Å²) in [6.07, 6.45) is 0.149. The van der Waals surface area contributed by atoms with Gasteiger partial charge in [0.15, 0.2) is 0 Å². The number of sulfonamides is 1. The van der Waals surface area contributed by atoms with Crippen molar-refractivity contribution >= 4 is 45.2 Å². The normalized spacial score (nSPS) is 16.3. The van der Waals surface area contributed by atoms with Crippen molar-refractivity contribution in [3.63, 3.8) is 0 Å². The van der Waals surface area contributed by atoms with Crippen LogP contribution in [-0.4, -0.2) is 69.3 Å². The van der Waals surface area contributed by atoms with Gasteiger partial charge in [0.2, 0.25) is 15.9 Å². The second kappa shape index (κ2) is 9.01. The molecule has 26 heavy (non-hydrogen) atoms. The van der Waals surface area contributed by atoms with Gasteiger partial charge in [-0.1, -0.05) is 29.3 Å². The number of carbonyl (C=O) groups excluding carboxylic acids is 2. The van der Waals surface area contributed by atoms with E-state index in [4.69, 9.17) is 23.2 Å². The monoisotopic (exact) mass is 422 g/mol. The lowest BCUT2D eigenvalue weighted by Gasteiger charge is -2.34. The average molecular weight is 423 g/mol. The number of halogens is 2. The molecule has 2 N–H and O–H groups in total. The Labute approximate surface area is 162 Å². The number of nitrogens with one attached hydrogen (secondary N) is 2. The van der Waals surface area contributed by atoms with Gasteiger partial charge < -0.3 is 10.2 Å². The topological polar surface area (TPSA) is 98.8 Å². The number of rotatable bonds is 5. The van der Waals surface area contributed by atoms with Crippen molar-refractivity contribution in [3.8, 4) is 0 Å². The number of hydrogen-bond donors (Lipinski definition) is 2. The average Bonchev–Trinajstić information content (AvgIpc) is 2.60. The molecule has 1 saturated heterocycles. The first-order valence-corrected chi connectivity index (χ1v) is 10.1. The maximum Gasteiger partial charge on any atom is 0.321 e. The van der Waals surface area contributed by atoms with E-state index < -0.39 is 16.1 Å². The van der Waals surface area contributed by atoms with E-state index in [1.807, 2.05) is 4.90 Å². The Morgan fingerprint density at radius 2 is 1.69 bits per heavy atom. The fourth-order valence-electron chi connectivity index (χ4n) is 2.56. The van der Waals surface area contributed by atoms with Crippen molar-refractivity contribution in [3.05, 3.63) is 28.2 Å². The fraction of sp³-hybridized carbons (Fsp3) is 0.467. The Hall–Kier alpha value is -1.39. The Morgan fingerprint density at radius 1 is 1.12 bits per heavy atom. The van der Waals surface area contributed by atoms with Crippen LogP contribution in [0.5, 0.6) is 0 Å². The van der Waals surface area contributed by atoms with Crippen LogP contribution in [0, 0.1) is 0 Å². The summed E-state index contributed by atoms with van der Waals surface area (Å²) < 4.78 is 26.9. The van der Waals surface area contributed by atoms with Gasteiger partial charge in [0.25, 0.3) is 0 Å². The minimum Gasteiger partial charge on any atom is -0.341 e. The van der Waals surface area contributed by atoms with E-state index in [-0.39, 0.29) is 40.4 Å². The van der Waals surface area contributed by atoms with Crippen LogP contribution >= 0.6 is 23.2 Å². The van der Waals surface area contributed by atoms with Gasteiger partial charge in [-0.2, -0.15) is 4.31 Å². The molecule has 0 atom stereocenters. The van der Waals surface area contributed by atoms with Crippen molar-refractivity contribution in [2.24, 2.45) is 0 Å². The van der Waals surface area contributed by atoms with Crippen LogP contribution in [-0.2, 0) is 14.8 Å². The third-order valence-electron chi connectivity index (χ3n) is 3.98. The van der Waals surface area contributed by atoms with Crippen molar-refractivity contribution in [1.29, 1.82) is 0 Å². The second-order valence-electron chi connectivity index (χ2n) is 5.67. The summed E-state index contributed by atoms with van der Waals surface area (Å²) in [5.74, 6) is -0.387. The van der Waals surface area contributed by atoms with E-state index in [9.17, 15) is 18.0 Å². The largest absolute Gasteiger partial charge is 0.341 e. The Balaban J connectivity index is 1.92. The molecule has 2 rings (SSSR count). The third kappa shape index (κ3) is 5.08. The van der Waals surface area contributed by atoms with E-state index in [0.29, 0.717) is 19.6 Å². The molecule has 0 aliphatic carbocycles. The van der Waals surface area contributed by atoms with Gasteiger partial charge >= 0.3 is 6.03 Å². The smallest absolute Gasteiger partial charge is 0.321 e. The molecule has 1 aliphatic rings. The first kappa shape index (κ1) is 20.9. The predicted molar refractivity (Wildman–Crippen MR) is 98.9 cm³/mol. The van der Waals surface area contributed by atoms with Gasteiger partial charge in [-0.15, -0.1) is 0 Å². The molecule has 0 unspecified atom stereocenters. The van der Waals surface area contributed by atoms with Crippen LogP contribution < -0.4 is 10.6 Å². The first-order valence-electron chi connectivity index (χ1n) is 7.93. The molecule has 8 nitrogen and oxygen atoms in total. The van der Waals surface area contributed by atoms with E-state index in [1.165, 1.54) is 23.5 Å². The zero-order chi connectivity index (χ0) is 19.3. The summed E-state index contributed by atoms with van der Waals surface area (Å²) in [5.41, 5.74) is 0. The Bertz CT molecular complexity index is 760. The molecule has 1 heterocycles. The van der Waals surface area contributed by atoms with Gasteiger partial charge in [0, 0.05) is 46.2 Å². The first-order chi connectivity index (χ1) is 12.3. The zero-order valence-electron chi connectivity index (χ0n) is 14.2. The van der Waals surface area contributed by atoms with Crippen LogP contribution in [0.25, 0.3) is 0 Å². The van der Waals surface area contributed by atoms with Gasteiger partial charge in [0.1, 0.15) is 4.90 Å². The summed E-state index contributed by atoms with van der Waals surface area (Å²) in [6, 6.07) is 4.01. The highest BCUT2D eigenvalue weighted by molar-refractivity contribution is 7.89. The standard InChI is InChI=1S/C15H20Cl2N4O4S/c1-18-15(23)19-13(22)5-6-20-7-9-21(10-8-20)26(24,25)14-11(16)3-2-4-12(14)17/h2-4H,5-10H2,1H3,(H2,18,19,22,23). The molecular weight excluding hydrogens is 403 g/mol. The lowest BCUT2D eigenvalue weighted by Crippen LogP contribution is -2.49. The summed E-state index contributed by atoms with van der Waals surface area (Å²) in [7, 11) is -2.36. The maximum atomic E-state index is 12.8. The Morgan fingerprint density at radius 3 is 2.23 bits per heavy atom. The van der Waals surface area contributed by atoms with Crippen LogP contribution in [0.3, 0.4) is 0 Å². The molecule has 0 spiro atoms. The third-order valence-corrected chi connectivity index (χ3v) is 6.84. The zero-order valence-corrected chi connectivity index (χ0v) is 16.5. The van der Waals surface area contributed by atoms with Gasteiger partial charge in [-0.05, 0) is 12.1 Å². The van der Waals surface area contributed by atoms with E-state index >= 15 is 0 Å². The van der Waals surface area contributed by atoms with Crippen LogP contribution in [0.2, 0.25) is 10.0 Å². The minimum absolute atomic E-state index is 0.0817. The summed E-state index contributed by atoms with van der Waals surface area (Å²) in [4.78, 5) is 24.5. The fourth-order valence-corrected chi connectivity index (χ4v) is 5.08. The molecule has 0 saturated carbocycles. The highest BCUT2D eigenvalue weighted by Crippen LogP contribution is 2.31. The van der Waals surface area contributed by atoms with Gasteiger partial charge in [-0.25, -0.2) is 13.2 Å². The van der Waals surface area contributed by atoms with Crippen molar-refractivity contribution in [1.82, 2.24) is 19.8 Å². The lowest BCUT2D eigenvalue weighted by atomic mass is 10.3.